The Bertz CT molecular complexity index is 590. The minimum Gasteiger partial charge on any atom is -0.494 e. The molecule has 0 aliphatic rings. The molecule has 0 atom stereocenters. The molecule has 0 aliphatic heterocycles. The summed E-state index contributed by atoms with van der Waals surface area (Å²) in [7, 11) is 0. The molecule has 5 nitrogen and oxygen atoms in total. The number of rotatable bonds is 11. The van der Waals surface area contributed by atoms with Crippen LogP contribution in [-0.2, 0) is 9.59 Å². The molecule has 146 valence electrons. The van der Waals surface area contributed by atoms with Crippen LogP contribution in [0.15, 0.2) is 18.2 Å². The topological polar surface area (TPSA) is 64.6 Å². The number of anilines is 1. The first-order valence-corrected chi connectivity index (χ1v) is 9.50. The van der Waals surface area contributed by atoms with Crippen LogP contribution in [0.5, 0.6) is 11.5 Å². The Labute approximate surface area is 157 Å². The van der Waals surface area contributed by atoms with E-state index < -0.39 is 5.41 Å². The van der Waals surface area contributed by atoms with Gasteiger partial charge in [-0.3, -0.25) is 9.59 Å². The first kappa shape index (κ1) is 22.0. The number of hydrogen-bond donors (Lipinski definition) is 1. The Morgan fingerprint density at radius 3 is 2.19 bits per heavy atom. The van der Waals surface area contributed by atoms with Crippen LogP contribution >= 0.6 is 0 Å². The molecule has 1 N–H and O–H groups in total. The van der Waals surface area contributed by atoms with Crippen LogP contribution in [0.3, 0.4) is 0 Å². The number of hydrogen-bond acceptors (Lipinski definition) is 4. The smallest absolute Gasteiger partial charge is 0.231 e. The van der Waals surface area contributed by atoms with E-state index in [9.17, 15) is 9.59 Å². The van der Waals surface area contributed by atoms with Crippen LogP contribution in [0.4, 0.5) is 5.69 Å². The van der Waals surface area contributed by atoms with E-state index in [1.807, 2.05) is 26.8 Å². The number of carbonyl (C=O) groups excluding carboxylic acids is 2. The highest BCUT2D eigenvalue weighted by Crippen LogP contribution is 2.30. The van der Waals surface area contributed by atoms with Crippen LogP contribution in [0.25, 0.3) is 0 Å². The van der Waals surface area contributed by atoms with E-state index in [1.165, 1.54) is 0 Å². The quantitative estimate of drug-likeness (QED) is 0.444. The summed E-state index contributed by atoms with van der Waals surface area (Å²) >= 11 is 0. The minimum atomic E-state index is -0.539. The highest BCUT2D eigenvalue weighted by molar-refractivity contribution is 6.06. The van der Waals surface area contributed by atoms with E-state index in [-0.39, 0.29) is 18.1 Å². The van der Waals surface area contributed by atoms with Crippen molar-refractivity contribution < 1.29 is 19.1 Å². The van der Waals surface area contributed by atoms with Gasteiger partial charge in [-0.05, 0) is 25.0 Å². The fraction of sp³-hybridized carbons (Fsp3) is 0.619. The average Bonchev–Trinajstić information content (AvgIpc) is 2.56. The van der Waals surface area contributed by atoms with Crippen molar-refractivity contribution in [3.63, 3.8) is 0 Å². The monoisotopic (exact) mass is 363 g/mol. The van der Waals surface area contributed by atoms with E-state index in [2.05, 4.69) is 19.2 Å². The lowest BCUT2D eigenvalue weighted by Gasteiger charge is -2.17. The molecule has 0 saturated carbocycles. The third-order valence-electron chi connectivity index (χ3n) is 3.90. The standard InChI is InChI=1S/C21H33NO4/c1-6-8-12-25-16-10-11-18(26-13-9-7-2)17(14-16)22-20(24)15-19(23)21(3,4)5/h10-11,14H,6-9,12-13,15H2,1-5H3,(H,22,24). The number of ether oxygens (including phenoxy) is 2. The summed E-state index contributed by atoms with van der Waals surface area (Å²) in [5, 5.41) is 2.81. The van der Waals surface area contributed by atoms with Crippen LogP contribution < -0.4 is 14.8 Å². The molecule has 0 radical (unpaired) electrons. The first-order chi connectivity index (χ1) is 12.3. The molecule has 5 heteroatoms. The van der Waals surface area contributed by atoms with E-state index in [4.69, 9.17) is 9.47 Å². The molecule has 0 bridgehead atoms. The van der Waals surface area contributed by atoms with Gasteiger partial charge in [0.05, 0.1) is 25.3 Å². The van der Waals surface area contributed by atoms with Gasteiger partial charge in [0.2, 0.25) is 5.91 Å². The Hall–Kier alpha value is -2.04. The number of carbonyl (C=O) groups is 2. The summed E-state index contributed by atoms with van der Waals surface area (Å²) in [6.07, 6.45) is 3.83. The van der Waals surface area contributed by atoms with E-state index in [0.717, 1.165) is 25.7 Å². The second kappa shape index (κ2) is 10.8. The van der Waals surface area contributed by atoms with Crippen molar-refractivity contribution in [3.8, 4) is 11.5 Å². The van der Waals surface area contributed by atoms with Gasteiger partial charge in [-0.1, -0.05) is 47.5 Å². The van der Waals surface area contributed by atoms with E-state index in [1.54, 1.807) is 12.1 Å². The van der Waals surface area contributed by atoms with Gasteiger partial charge in [-0.15, -0.1) is 0 Å². The number of Topliss-reactive ketones (excluding diaryl/α,β-unsaturated/α-hetero) is 1. The summed E-state index contributed by atoms with van der Waals surface area (Å²) < 4.78 is 11.5. The summed E-state index contributed by atoms with van der Waals surface area (Å²) in [4.78, 5) is 24.4. The van der Waals surface area contributed by atoms with Crippen molar-refractivity contribution in [1.29, 1.82) is 0 Å². The van der Waals surface area contributed by atoms with Crippen molar-refractivity contribution >= 4 is 17.4 Å². The second-order valence-corrected chi connectivity index (χ2v) is 7.46. The van der Waals surface area contributed by atoms with Crippen molar-refractivity contribution in [2.24, 2.45) is 5.41 Å². The lowest BCUT2D eigenvalue weighted by Crippen LogP contribution is -2.26. The zero-order chi connectivity index (χ0) is 19.6. The molecule has 0 heterocycles. The number of amides is 1. The van der Waals surface area contributed by atoms with Crippen LogP contribution in [0.2, 0.25) is 0 Å². The molecule has 0 fully saturated rings. The SMILES string of the molecule is CCCCOc1ccc(OCCCC)c(NC(=O)CC(=O)C(C)(C)C)c1. The van der Waals surface area contributed by atoms with Gasteiger partial charge >= 0.3 is 0 Å². The predicted octanol–water partition coefficient (Wildman–Crippen LogP) is 4.99. The Morgan fingerprint density at radius 1 is 1.00 bits per heavy atom. The van der Waals surface area contributed by atoms with Gasteiger partial charge in [-0.2, -0.15) is 0 Å². The highest BCUT2D eigenvalue weighted by Gasteiger charge is 2.24. The zero-order valence-electron chi connectivity index (χ0n) is 16.8. The predicted molar refractivity (Wildman–Crippen MR) is 105 cm³/mol. The minimum absolute atomic E-state index is 0.0983. The van der Waals surface area contributed by atoms with Gasteiger partial charge in [0, 0.05) is 11.5 Å². The normalized spacial score (nSPS) is 11.1. The first-order valence-electron chi connectivity index (χ1n) is 9.50. The molecule has 1 amide bonds. The summed E-state index contributed by atoms with van der Waals surface area (Å²) in [5.74, 6) is 0.839. The number of unbranched alkanes of at least 4 members (excludes halogenated alkanes) is 2. The number of ketones is 1. The van der Waals surface area contributed by atoms with Crippen molar-refractivity contribution in [1.82, 2.24) is 0 Å². The third kappa shape index (κ3) is 7.89. The summed E-state index contributed by atoms with van der Waals surface area (Å²) in [5.41, 5.74) is 0.00456. The lowest BCUT2D eigenvalue weighted by atomic mass is 9.89. The highest BCUT2D eigenvalue weighted by atomic mass is 16.5. The van der Waals surface area contributed by atoms with Gasteiger partial charge in [-0.25, -0.2) is 0 Å². The summed E-state index contributed by atoms with van der Waals surface area (Å²) in [6, 6.07) is 5.40. The Morgan fingerprint density at radius 2 is 1.62 bits per heavy atom. The van der Waals surface area contributed by atoms with Crippen molar-refractivity contribution in [2.45, 2.75) is 66.7 Å². The van der Waals surface area contributed by atoms with E-state index in [0.29, 0.717) is 30.4 Å². The molecule has 1 aromatic carbocycles. The maximum absolute atomic E-state index is 12.3. The van der Waals surface area contributed by atoms with Crippen molar-refractivity contribution in [3.05, 3.63) is 18.2 Å². The van der Waals surface area contributed by atoms with Crippen LogP contribution in [-0.4, -0.2) is 24.9 Å². The molecule has 0 saturated heterocycles. The van der Waals surface area contributed by atoms with Gasteiger partial charge in [0.15, 0.2) is 0 Å². The Kier molecular flexibility index (Phi) is 9.17. The fourth-order valence-corrected chi connectivity index (χ4v) is 2.09. The van der Waals surface area contributed by atoms with Crippen LogP contribution in [0, 0.1) is 5.41 Å². The Balaban J connectivity index is 2.85. The largest absolute Gasteiger partial charge is 0.494 e. The third-order valence-corrected chi connectivity index (χ3v) is 3.90. The van der Waals surface area contributed by atoms with Crippen molar-refractivity contribution in [2.75, 3.05) is 18.5 Å². The molecule has 1 aromatic rings. The molecule has 0 unspecified atom stereocenters. The zero-order valence-corrected chi connectivity index (χ0v) is 16.8. The molecular formula is C21H33NO4. The molecule has 0 spiro atoms. The fourth-order valence-electron chi connectivity index (χ4n) is 2.09. The van der Waals surface area contributed by atoms with Gasteiger partial charge in [0.25, 0.3) is 0 Å². The maximum atomic E-state index is 12.3. The van der Waals surface area contributed by atoms with Gasteiger partial charge < -0.3 is 14.8 Å². The van der Waals surface area contributed by atoms with E-state index >= 15 is 0 Å². The molecule has 1 rings (SSSR count). The van der Waals surface area contributed by atoms with Crippen LogP contribution in [0.1, 0.15) is 66.7 Å². The number of benzene rings is 1. The molecule has 0 aromatic heterocycles. The second-order valence-electron chi connectivity index (χ2n) is 7.46. The average molecular weight is 363 g/mol. The summed E-state index contributed by atoms with van der Waals surface area (Å²) in [6.45, 7) is 10.8. The molecular weight excluding hydrogens is 330 g/mol. The molecule has 0 aliphatic carbocycles. The maximum Gasteiger partial charge on any atom is 0.231 e. The van der Waals surface area contributed by atoms with Gasteiger partial charge in [0.1, 0.15) is 17.3 Å². The lowest BCUT2D eigenvalue weighted by molar-refractivity contribution is -0.130. The number of nitrogens with one attached hydrogen (secondary N) is 1. The molecule has 26 heavy (non-hydrogen) atoms.